The van der Waals surface area contributed by atoms with Crippen LogP contribution in [0.15, 0.2) is 55.1 Å². The molecule has 0 N–H and O–H groups in total. The molecule has 0 radical (unpaired) electrons. The first-order chi connectivity index (χ1) is 7.20. The average Bonchev–Trinajstić information content (AvgIpc) is 2.30. The third kappa shape index (κ3) is 2.56. The van der Waals surface area contributed by atoms with Crippen LogP contribution in [-0.4, -0.2) is 13.1 Å². The van der Waals surface area contributed by atoms with E-state index in [9.17, 15) is 4.79 Å². The molecule has 1 unspecified atom stereocenters. The van der Waals surface area contributed by atoms with Crippen molar-refractivity contribution >= 4 is 5.97 Å². The number of methoxy groups -OCH3 is 1. The van der Waals surface area contributed by atoms with Crippen LogP contribution in [0.4, 0.5) is 0 Å². The van der Waals surface area contributed by atoms with Crippen LogP contribution in [0.3, 0.4) is 0 Å². The highest BCUT2D eigenvalue weighted by atomic mass is 16.5. The van der Waals surface area contributed by atoms with Gasteiger partial charge in [-0.3, -0.25) is 0 Å². The van der Waals surface area contributed by atoms with Gasteiger partial charge in [0.15, 0.2) is 0 Å². The van der Waals surface area contributed by atoms with Crippen molar-refractivity contribution in [2.75, 3.05) is 7.11 Å². The molecule has 2 nitrogen and oxygen atoms in total. The second-order valence-corrected chi connectivity index (χ2v) is 3.14. The fourth-order valence-corrected chi connectivity index (χ4v) is 1.40. The zero-order valence-corrected chi connectivity index (χ0v) is 8.77. The Balaban J connectivity index is 2.95. The molecule has 1 rings (SSSR count). The summed E-state index contributed by atoms with van der Waals surface area (Å²) in [6.45, 7) is 7.43. The standard InChI is InChI=1S/C13H14O2/c1-4-12(10(2)13(14)15-3)11-8-6-5-7-9-11/h4-9,12H,1-2H2,3H3. The molecule has 15 heavy (non-hydrogen) atoms. The Kier molecular flexibility index (Phi) is 3.86. The molecule has 1 atom stereocenters. The minimum absolute atomic E-state index is 0.182. The number of carbonyl (C=O) groups is 1. The Morgan fingerprint density at radius 2 is 2.00 bits per heavy atom. The first-order valence-electron chi connectivity index (χ1n) is 4.65. The monoisotopic (exact) mass is 202 g/mol. The molecule has 0 aliphatic rings. The van der Waals surface area contributed by atoms with E-state index in [0.717, 1.165) is 5.56 Å². The Morgan fingerprint density at radius 3 is 2.47 bits per heavy atom. The summed E-state index contributed by atoms with van der Waals surface area (Å²) in [5, 5.41) is 0. The van der Waals surface area contributed by atoms with Gasteiger partial charge < -0.3 is 4.74 Å². The lowest BCUT2D eigenvalue weighted by Gasteiger charge is -2.13. The lowest BCUT2D eigenvalue weighted by molar-refractivity contribution is -0.136. The Hall–Kier alpha value is -1.83. The second-order valence-electron chi connectivity index (χ2n) is 3.14. The summed E-state index contributed by atoms with van der Waals surface area (Å²) >= 11 is 0. The third-order valence-electron chi connectivity index (χ3n) is 2.22. The number of ether oxygens (including phenoxy) is 1. The lowest BCUT2D eigenvalue weighted by Crippen LogP contribution is -2.10. The van der Waals surface area contributed by atoms with Gasteiger partial charge in [-0.15, -0.1) is 6.58 Å². The SMILES string of the molecule is C=CC(C(=C)C(=O)OC)c1ccccc1. The number of benzene rings is 1. The highest BCUT2D eigenvalue weighted by molar-refractivity contribution is 5.89. The topological polar surface area (TPSA) is 26.3 Å². The third-order valence-corrected chi connectivity index (χ3v) is 2.22. The van der Waals surface area contributed by atoms with E-state index in [2.05, 4.69) is 17.9 Å². The van der Waals surface area contributed by atoms with Crippen molar-refractivity contribution in [1.82, 2.24) is 0 Å². The number of allylic oxidation sites excluding steroid dienone is 1. The van der Waals surface area contributed by atoms with E-state index in [4.69, 9.17) is 0 Å². The molecule has 2 heteroatoms. The van der Waals surface area contributed by atoms with Crippen LogP contribution >= 0.6 is 0 Å². The van der Waals surface area contributed by atoms with Gasteiger partial charge in [-0.05, 0) is 5.56 Å². The Morgan fingerprint density at radius 1 is 1.40 bits per heavy atom. The van der Waals surface area contributed by atoms with Gasteiger partial charge in [-0.25, -0.2) is 4.79 Å². The molecule has 0 saturated heterocycles. The van der Waals surface area contributed by atoms with Crippen LogP contribution in [0.1, 0.15) is 11.5 Å². The summed E-state index contributed by atoms with van der Waals surface area (Å²) in [5.74, 6) is -0.581. The number of rotatable bonds is 4. The van der Waals surface area contributed by atoms with Crippen LogP contribution in [0.25, 0.3) is 0 Å². The van der Waals surface area contributed by atoms with Crippen molar-refractivity contribution in [2.24, 2.45) is 0 Å². The van der Waals surface area contributed by atoms with Crippen molar-refractivity contribution in [1.29, 1.82) is 0 Å². The molecule has 0 bridgehead atoms. The molecule has 0 aromatic heterocycles. The summed E-state index contributed by atoms with van der Waals surface area (Å²) in [4.78, 5) is 11.3. The molecule has 0 aliphatic carbocycles. The summed E-state index contributed by atoms with van der Waals surface area (Å²) in [5.41, 5.74) is 1.39. The zero-order chi connectivity index (χ0) is 11.3. The zero-order valence-electron chi connectivity index (χ0n) is 8.77. The van der Waals surface area contributed by atoms with E-state index in [1.54, 1.807) is 6.08 Å². The van der Waals surface area contributed by atoms with Gasteiger partial charge in [0.25, 0.3) is 0 Å². The number of hydrogen-bond acceptors (Lipinski definition) is 2. The van der Waals surface area contributed by atoms with E-state index < -0.39 is 5.97 Å². The highest BCUT2D eigenvalue weighted by Crippen LogP contribution is 2.24. The van der Waals surface area contributed by atoms with E-state index >= 15 is 0 Å². The molecular weight excluding hydrogens is 188 g/mol. The first kappa shape index (κ1) is 11.2. The summed E-state index contributed by atoms with van der Waals surface area (Å²) in [6.07, 6.45) is 1.69. The number of carbonyl (C=O) groups excluding carboxylic acids is 1. The van der Waals surface area contributed by atoms with Gasteiger partial charge in [-0.1, -0.05) is 43.0 Å². The molecule has 0 fully saturated rings. The smallest absolute Gasteiger partial charge is 0.334 e. The average molecular weight is 202 g/mol. The molecule has 0 spiro atoms. The first-order valence-corrected chi connectivity index (χ1v) is 4.65. The van der Waals surface area contributed by atoms with Crippen LogP contribution in [-0.2, 0) is 9.53 Å². The van der Waals surface area contributed by atoms with Crippen molar-refractivity contribution in [3.05, 3.63) is 60.7 Å². The number of esters is 1. The lowest BCUT2D eigenvalue weighted by atomic mass is 9.92. The van der Waals surface area contributed by atoms with Crippen LogP contribution < -0.4 is 0 Å². The molecule has 78 valence electrons. The normalized spacial score (nSPS) is 11.5. The van der Waals surface area contributed by atoms with Crippen molar-refractivity contribution < 1.29 is 9.53 Å². The fraction of sp³-hybridized carbons (Fsp3) is 0.154. The largest absolute Gasteiger partial charge is 0.466 e. The minimum atomic E-state index is -0.399. The molecule has 1 aromatic carbocycles. The molecule has 0 aliphatic heterocycles. The molecule has 0 saturated carbocycles. The van der Waals surface area contributed by atoms with Crippen LogP contribution in [0.5, 0.6) is 0 Å². The maximum atomic E-state index is 11.3. The molecular formula is C13H14O2. The maximum absolute atomic E-state index is 11.3. The van der Waals surface area contributed by atoms with E-state index in [0.29, 0.717) is 5.57 Å². The van der Waals surface area contributed by atoms with Crippen LogP contribution in [0.2, 0.25) is 0 Å². The molecule has 1 aromatic rings. The van der Waals surface area contributed by atoms with Gasteiger partial charge in [0.05, 0.1) is 7.11 Å². The highest BCUT2D eigenvalue weighted by Gasteiger charge is 2.17. The molecule has 0 heterocycles. The van der Waals surface area contributed by atoms with E-state index in [-0.39, 0.29) is 5.92 Å². The van der Waals surface area contributed by atoms with Gasteiger partial charge in [0.1, 0.15) is 0 Å². The Labute approximate surface area is 89.9 Å². The minimum Gasteiger partial charge on any atom is -0.466 e. The van der Waals surface area contributed by atoms with Crippen LogP contribution in [0, 0.1) is 0 Å². The summed E-state index contributed by atoms with van der Waals surface area (Å²) in [6, 6.07) is 9.61. The predicted octanol–water partition coefficient (Wildman–Crippen LogP) is 2.69. The predicted molar refractivity (Wildman–Crippen MR) is 60.5 cm³/mol. The number of hydrogen-bond donors (Lipinski definition) is 0. The fourth-order valence-electron chi connectivity index (χ4n) is 1.40. The quantitative estimate of drug-likeness (QED) is 0.426. The van der Waals surface area contributed by atoms with E-state index in [1.165, 1.54) is 7.11 Å². The van der Waals surface area contributed by atoms with Gasteiger partial charge in [0, 0.05) is 11.5 Å². The summed E-state index contributed by atoms with van der Waals surface area (Å²) in [7, 11) is 1.35. The van der Waals surface area contributed by atoms with Crippen molar-refractivity contribution in [2.45, 2.75) is 5.92 Å². The second kappa shape index (κ2) is 5.15. The van der Waals surface area contributed by atoms with Gasteiger partial charge >= 0.3 is 5.97 Å². The summed E-state index contributed by atoms with van der Waals surface area (Å²) < 4.78 is 4.63. The van der Waals surface area contributed by atoms with Gasteiger partial charge in [-0.2, -0.15) is 0 Å². The van der Waals surface area contributed by atoms with Crippen molar-refractivity contribution in [3.8, 4) is 0 Å². The molecule has 0 amide bonds. The van der Waals surface area contributed by atoms with Crippen molar-refractivity contribution in [3.63, 3.8) is 0 Å². The maximum Gasteiger partial charge on any atom is 0.334 e. The van der Waals surface area contributed by atoms with E-state index in [1.807, 2.05) is 30.3 Å². The Bertz CT molecular complexity index is 365. The van der Waals surface area contributed by atoms with Gasteiger partial charge in [0.2, 0.25) is 0 Å².